The molecule has 0 atom stereocenters. The van der Waals surface area contributed by atoms with Gasteiger partial charge in [0.25, 0.3) is 0 Å². The molecule has 0 aliphatic heterocycles. The number of hydrogen-bond donors (Lipinski definition) is 0. The van der Waals surface area contributed by atoms with Crippen LogP contribution in [0.3, 0.4) is 0 Å². The van der Waals surface area contributed by atoms with Crippen molar-refractivity contribution in [2.24, 2.45) is 4.36 Å². The van der Waals surface area contributed by atoms with E-state index < -0.39 is 16.6 Å². The van der Waals surface area contributed by atoms with Crippen molar-refractivity contribution in [1.29, 1.82) is 0 Å². The minimum absolute atomic E-state index is 0.125. The van der Waals surface area contributed by atoms with E-state index >= 15 is 0 Å². The standard InChI is InChI=1S/C3H5NO4S/c1-2-8-3(5)4-9(6)7/h2H2,1H3. The highest BCUT2D eigenvalue weighted by Crippen LogP contribution is 1.80. The minimum Gasteiger partial charge on any atom is -0.448 e. The highest BCUT2D eigenvalue weighted by atomic mass is 32.2. The van der Waals surface area contributed by atoms with Gasteiger partial charge in [-0.1, -0.05) is 4.36 Å². The zero-order valence-corrected chi connectivity index (χ0v) is 5.51. The summed E-state index contributed by atoms with van der Waals surface area (Å²) >= 11 is 0. The van der Waals surface area contributed by atoms with Crippen LogP contribution in [0, 0.1) is 0 Å². The normalized spacial score (nSPS) is 8.11. The van der Waals surface area contributed by atoms with Crippen LogP contribution in [0.25, 0.3) is 0 Å². The van der Waals surface area contributed by atoms with E-state index in [-0.39, 0.29) is 6.61 Å². The number of ether oxygens (including phenoxy) is 1. The third-order valence-corrected chi connectivity index (χ3v) is 0.715. The van der Waals surface area contributed by atoms with E-state index in [2.05, 4.69) is 9.10 Å². The van der Waals surface area contributed by atoms with Crippen LogP contribution in [0.15, 0.2) is 4.36 Å². The van der Waals surface area contributed by atoms with Crippen LogP contribution in [0.2, 0.25) is 0 Å². The van der Waals surface area contributed by atoms with Gasteiger partial charge in [0, 0.05) is 0 Å². The summed E-state index contributed by atoms with van der Waals surface area (Å²) in [5.41, 5.74) is 0. The Morgan fingerprint density at radius 3 is 2.56 bits per heavy atom. The van der Waals surface area contributed by atoms with Gasteiger partial charge >= 0.3 is 16.6 Å². The second kappa shape index (κ2) is 4.02. The van der Waals surface area contributed by atoms with E-state index in [1.807, 2.05) is 0 Å². The monoisotopic (exact) mass is 151 g/mol. The molecule has 0 heterocycles. The Labute approximate surface area is 53.3 Å². The molecule has 0 saturated carbocycles. The molecule has 0 saturated heterocycles. The zero-order chi connectivity index (χ0) is 7.28. The molecular weight excluding hydrogens is 146 g/mol. The number of nitrogens with zero attached hydrogens (tertiary/aromatic N) is 1. The van der Waals surface area contributed by atoms with Gasteiger partial charge in [0.15, 0.2) is 0 Å². The van der Waals surface area contributed by atoms with E-state index in [0.717, 1.165) is 0 Å². The number of amides is 1. The fraction of sp³-hybridized carbons (Fsp3) is 0.667. The van der Waals surface area contributed by atoms with Crippen molar-refractivity contribution in [1.82, 2.24) is 0 Å². The van der Waals surface area contributed by atoms with Crippen molar-refractivity contribution < 1.29 is 17.9 Å². The third kappa shape index (κ3) is 4.95. The summed E-state index contributed by atoms with van der Waals surface area (Å²) < 4.78 is 25.9. The van der Waals surface area contributed by atoms with Gasteiger partial charge in [0.2, 0.25) is 0 Å². The highest BCUT2D eigenvalue weighted by Gasteiger charge is 1.94. The Bertz CT molecular complexity index is 208. The molecule has 0 aromatic carbocycles. The summed E-state index contributed by atoms with van der Waals surface area (Å²) in [5, 5.41) is 0. The number of carbonyl (C=O) groups is 1. The van der Waals surface area contributed by atoms with E-state index in [9.17, 15) is 13.2 Å². The predicted molar refractivity (Wildman–Crippen MR) is 28.4 cm³/mol. The molecule has 0 unspecified atom stereocenters. The van der Waals surface area contributed by atoms with Crippen LogP contribution in [0.4, 0.5) is 4.79 Å². The van der Waals surface area contributed by atoms with Crippen molar-refractivity contribution in [3.63, 3.8) is 0 Å². The largest absolute Gasteiger partial charge is 0.448 e. The molecule has 0 radical (unpaired) electrons. The number of rotatable bonds is 1. The van der Waals surface area contributed by atoms with Gasteiger partial charge < -0.3 is 4.74 Å². The van der Waals surface area contributed by atoms with Crippen molar-refractivity contribution >= 4 is 16.6 Å². The second-order valence-corrected chi connectivity index (χ2v) is 1.62. The Kier molecular flexibility index (Phi) is 3.61. The van der Waals surface area contributed by atoms with Crippen molar-refractivity contribution in [2.45, 2.75) is 6.92 Å². The molecular formula is C3H5NO4S. The summed E-state index contributed by atoms with van der Waals surface area (Å²) in [6.07, 6.45) is -1.08. The first-order valence-electron chi connectivity index (χ1n) is 2.14. The smallest absolute Gasteiger partial charge is 0.448 e. The summed E-state index contributed by atoms with van der Waals surface area (Å²) in [7, 11) is -2.70. The second-order valence-electron chi connectivity index (χ2n) is 1.01. The molecule has 1 amide bonds. The third-order valence-electron chi connectivity index (χ3n) is 0.417. The molecule has 0 fully saturated rings. The Morgan fingerprint density at radius 1 is 1.67 bits per heavy atom. The van der Waals surface area contributed by atoms with Gasteiger partial charge in [0.05, 0.1) is 6.61 Å². The van der Waals surface area contributed by atoms with Crippen LogP contribution in [-0.2, 0) is 15.2 Å². The molecule has 0 aliphatic carbocycles. The lowest BCUT2D eigenvalue weighted by atomic mass is 10.9. The summed E-state index contributed by atoms with van der Waals surface area (Å²) in [4.78, 5) is 10.1. The van der Waals surface area contributed by atoms with Crippen molar-refractivity contribution in [3.05, 3.63) is 0 Å². The Morgan fingerprint density at radius 2 is 2.22 bits per heavy atom. The Hall–Kier alpha value is -0.910. The van der Waals surface area contributed by atoms with Gasteiger partial charge in [-0.25, -0.2) is 4.79 Å². The minimum atomic E-state index is -2.70. The fourth-order valence-electron chi connectivity index (χ4n) is 0.211. The predicted octanol–water partition coefficient (Wildman–Crippen LogP) is 0.206. The average molecular weight is 151 g/mol. The molecule has 9 heavy (non-hydrogen) atoms. The number of hydrogen-bond acceptors (Lipinski definition) is 4. The Balaban J connectivity index is 3.94. The molecule has 0 aromatic heterocycles. The maximum Gasteiger partial charge on any atom is 0.448 e. The van der Waals surface area contributed by atoms with Crippen molar-refractivity contribution in [3.8, 4) is 0 Å². The highest BCUT2D eigenvalue weighted by molar-refractivity contribution is 7.62. The topological polar surface area (TPSA) is 72.8 Å². The van der Waals surface area contributed by atoms with Crippen LogP contribution in [0.1, 0.15) is 6.92 Å². The summed E-state index contributed by atoms with van der Waals surface area (Å²) in [5.74, 6) is 0. The zero-order valence-electron chi connectivity index (χ0n) is 4.70. The van der Waals surface area contributed by atoms with Gasteiger partial charge in [0.1, 0.15) is 0 Å². The van der Waals surface area contributed by atoms with Gasteiger partial charge in [-0.05, 0) is 6.92 Å². The van der Waals surface area contributed by atoms with E-state index in [1.54, 1.807) is 6.92 Å². The summed E-state index contributed by atoms with van der Waals surface area (Å²) in [6.45, 7) is 1.68. The lowest BCUT2D eigenvalue weighted by molar-refractivity contribution is 0.164. The molecule has 6 heteroatoms. The first-order chi connectivity index (χ1) is 4.16. The average Bonchev–Trinajstić information content (AvgIpc) is 1.63. The van der Waals surface area contributed by atoms with Gasteiger partial charge in [-0.2, -0.15) is 8.42 Å². The number of carbonyl (C=O) groups excluding carboxylic acids is 1. The molecule has 0 bridgehead atoms. The van der Waals surface area contributed by atoms with Crippen LogP contribution >= 0.6 is 0 Å². The molecule has 52 valence electrons. The first-order valence-corrected chi connectivity index (χ1v) is 3.18. The molecule has 0 aromatic rings. The lowest BCUT2D eigenvalue weighted by Gasteiger charge is -1.88. The van der Waals surface area contributed by atoms with Crippen LogP contribution < -0.4 is 0 Å². The first kappa shape index (κ1) is 8.09. The fourth-order valence-corrected chi connectivity index (χ4v) is 0.385. The molecule has 5 nitrogen and oxygen atoms in total. The quantitative estimate of drug-likeness (QED) is 0.536. The van der Waals surface area contributed by atoms with Gasteiger partial charge in [-0.3, -0.25) is 0 Å². The van der Waals surface area contributed by atoms with Crippen molar-refractivity contribution in [2.75, 3.05) is 6.61 Å². The SMILES string of the molecule is CCOC(=O)N=S(=O)=O. The molecule has 0 rings (SSSR count). The van der Waals surface area contributed by atoms with E-state index in [0.29, 0.717) is 0 Å². The van der Waals surface area contributed by atoms with Crippen LogP contribution in [-0.4, -0.2) is 21.1 Å². The summed E-state index contributed by atoms with van der Waals surface area (Å²) in [6, 6.07) is 0. The van der Waals surface area contributed by atoms with Gasteiger partial charge in [-0.15, -0.1) is 0 Å². The lowest BCUT2D eigenvalue weighted by Crippen LogP contribution is -1.95. The molecule has 0 aliphatic rings. The van der Waals surface area contributed by atoms with E-state index in [1.165, 1.54) is 0 Å². The maximum absolute atomic E-state index is 10.1. The van der Waals surface area contributed by atoms with E-state index in [4.69, 9.17) is 0 Å². The van der Waals surface area contributed by atoms with Crippen LogP contribution in [0.5, 0.6) is 0 Å². The molecule has 0 spiro atoms. The maximum atomic E-state index is 10.1. The molecule has 0 N–H and O–H groups in total.